The topological polar surface area (TPSA) is 52.7 Å². The van der Waals surface area contributed by atoms with Gasteiger partial charge < -0.3 is 15.7 Å². The van der Waals surface area contributed by atoms with E-state index in [0.717, 1.165) is 44.1 Å². The van der Waals surface area contributed by atoms with E-state index in [9.17, 15) is 5.11 Å². The number of rotatable bonds is 3. The third kappa shape index (κ3) is 3.47. The van der Waals surface area contributed by atoms with E-state index >= 15 is 0 Å². The fourth-order valence-corrected chi connectivity index (χ4v) is 2.80. The van der Waals surface area contributed by atoms with Gasteiger partial charge in [0.05, 0.1) is 0 Å². The van der Waals surface area contributed by atoms with E-state index in [-0.39, 0.29) is 0 Å². The zero-order chi connectivity index (χ0) is 14.7. The maximum atomic E-state index is 9.57. The Hall–Kier alpha value is -2.20. The number of nitrogens with zero attached hydrogens (tertiary/aromatic N) is 2. The van der Waals surface area contributed by atoms with Gasteiger partial charge in [-0.25, -0.2) is 0 Å². The van der Waals surface area contributed by atoms with Gasteiger partial charge in [0.15, 0.2) is 0 Å². The SMILES string of the molecule is Nc1cccc(CN2CCN(c3cccc(O)c3)CC2)c1. The summed E-state index contributed by atoms with van der Waals surface area (Å²) in [7, 11) is 0. The first kappa shape index (κ1) is 13.8. The van der Waals surface area contributed by atoms with Crippen molar-refractivity contribution in [1.82, 2.24) is 4.90 Å². The Labute approximate surface area is 125 Å². The Morgan fingerprint density at radius 3 is 2.43 bits per heavy atom. The summed E-state index contributed by atoms with van der Waals surface area (Å²) >= 11 is 0. The smallest absolute Gasteiger partial charge is 0.117 e. The second-order valence-electron chi connectivity index (χ2n) is 5.53. The van der Waals surface area contributed by atoms with Crippen LogP contribution in [0.4, 0.5) is 11.4 Å². The van der Waals surface area contributed by atoms with Gasteiger partial charge in [-0.2, -0.15) is 0 Å². The van der Waals surface area contributed by atoms with Gasteiger partial charge in [-0.05, 0) is 29.8 Å². The molecule has 3 N–H and O–H groups in total. The molecule has 0 aliphatic carbocycles. The number of phenols is 1. The lowest BCUT2D eigenvalue weighted by atomic mass is 10.1. The number of anilines is 2. The van der Waals surface area contributed by atoms with Crippen LogP contribution in [0.1, 0.15) is 5.56 Å². The maximum absolute atomic E-state index is 9.57. The lowest BCUT2D eigenvalue weighted by Gasteiger charge is -2.36. The van der Waals surface area contributed by atoms with Gasteiger partial charge in [0.2, 0.25) is 0 Å². The van der Waals surface area contributed by atoms with Crippen LogP contribution >= 0.6 is 0 Å². The molecule has 0 spiro atoms. The molecule has 1 saturated heterocycles. The lowest BCUT2D eigenvalue weighted by Crippen LogP contribution is -2.45. The number of phenolic OH excluding ortho intramolecular Hbond substituents is 1. The summed E-state index contributed by atoms with van der Waals surface area (Å²) in [6, 6.07) is 15.6. The molecule has 110 valence electrons. The minimum absolute atomic E-state index is 0.328. The standard InChI is InChI=1S/C17H21N3O/c18-15-4-1-3-14(11-15)13-19-7-9-20(10-8-19)16-5-2-6-17(21)12-16/h1-6,11-12,21H,7-10,13,18H2. The van der Waals surface area contributed by atoms with Gasteiger partial charge in [-0.1, -0.05) is 18.2 Å². The molecule has 0 aromatic heterocycles. The van der Waals surface area contributed by atoms with E-state index in [0.29, 0.717) is 5.75 Å². The largest absolute Gasteiger partial charge is 0.508 e. The van der Waals surface area contributed by atoms with E-state index in [1.54, 1.807) is 6.07 Å². The highest BCUT2D eigenvalue weighted by Gasteiger charge is 2.17. The highest BCUT2D eigenvalue weighted by atomic mass is 16.3. The molecule has 0 unspecified atom stereocenters. The van der Waals surface area contributed by atoms with Crippen molar-refractivity contribution in [1.29, 1.82) is 0 Å². The Morgan fingerprint density at radius 2 is 1.71 bits per heavy atom. The van der Waals surface area contributed by atoms with Gasteiger partial charge in [0, 0.05) is 50.2 Å². The van der Waals surface area contributed by atoms with Crippen LogP contribution < -0.4 is 10.6 Å². The average Bonchev–Trinajstić information content (AvgIpc) is 2.48. The fraction of sp³-hybridized carbons (Fsp3) is 0.294. The van der Waals surface area contributed by atoms with Gasteiger partial charge in [0.25, 0.3) is 0 Å². The first-order chi connectivity index (χ1) is 10.2. The number of aromatic hydroxyl groups is 1. The fourth-order valence-electron chi connectivity index (χ4n) is 2.80. The minimum Gasteiger partial charge on any atom is -0.508 e. The van der Waals surface area contributed by atoms with Crippen LogP contribution in [-0.2, 0) is 6.54 Å². The molecule has 2 aromatic rings. The summed E-state index contributed by atoms with van der Waals surface area (Å²) in [6.07, 6.45) is 0. The van der Waals surface area contributed by atoms with Crippen LogP contribution in [0, 0.1) is 0 Å². The second-order valence-corrected chi connectivity index (χ2v) is 5.53. The van der Waals surface area contributed by atoms with E-state index in [1.165, 1.54) is 5.56 Å². The molecule has 2 aromatic carbocycles. The number of piperazine rings is 1. The number of nitrogen functional groups attached to an aromatic ring is 1. The Bertz CT molecular complexity index is 606. The number of hydrogen-bond acceptors (Lipinski definition) is 4. The molecule has 1 aliphatic heterocycles. The zero-order valence-corrected chi connectivity index (χ0v) is 12.1. The lowest BCUT2D eigenvalue weighted by molar-refractivity contribution is 0.250. The summed E-state index contributed by atoms with van der Waals surface area (Å²) in [5, 5.41) is 9.57. The molecule has 4 nitrogen and oxygen atoms in total. The van der Waals surface area contributed by atoms with Crippen molar-refractivity contribution >= 4 is 11.4 Å². The summed E-state index contributed by atoms with van der Waals surface area (Å²) < 4.78 is 0. The first-order valence-corrected chi connectivity index (χ1v) is 7.31. The normalized spacial score (nSPS) is 16.1. The Morgan fingerprint density at radius 1 is 0.952 bits per heavy atom. The van der Waals surface area contributed by atoms with Crippen LogP contribution in [0.15, 0.2) is 48.5 Å². The van der Waals surface area contributed by atoms with Gasteiger partial charge in [-0.3, -0.25) is 4.90 Å². The van der Waals surface area contributed by atoms with Crippen molar-refractivity contribution in [3.63, 3.8) is 0 Å². The molecule has 0 bridgehead atoms. The van der Waals surface area contributed by atoms with Gasteiger partial charge in [0.1, 0.15) is 5.75 Å². The quantitative estimate of drug-likeness (QED) is 0.849. The predicted molar refractivity (Wildman–Crippen MR) is 86.5 cm³/mol. The minimum atomic E-state index is 0.328. The van der Waals surface area contributed by atoms with Gasteiger partial charge >= 0.3 is 0 Å². The monoisotopic (exact) mass is 283 g/mol. The van der Waals surface area contributed by atoms with Crippen LogP contribution in [0.3, 0.4) is 0 Å². The molecule has 0 saturated carbocycles. The summed E-state index contributed by atoms with van der Waals surface area (Å²) in [5.41, 5.74) is 9.01. The first-order valence-electron chi connectivity index (χ1n) is 7.31. The van der Waals surface area contributed by atoms with Crippen LogP contribution in [0.5, 0.6) is 5.75 Å². The average molecular weight is 283 g/mol. The van der Waals surface area contributed by atoms with Crippen molar-refractivity contribution in [2.24, 2.45) is 0 Å². The third-order valence-corrected chi connectivity index (χ3v) is 3.92. The number of benzene rings is 2. The molecular formula is C17H21N3O. The molecule has 1 fully saturated rings. The Balaban J connectivity index is 1.58. The Kier molecular flexibility index (Phi) is 3.97. The zero-order valence-electron chi connectivity index (χ0n) is 12.1. The maximum Gasteiger partial charge on any atom is 0.117 e. The van der Waals surface area contributed by atoms with Crippen molar-refractivity contribution < 1.29 is 5.11 Å². The van der Waals surface area contributed by atoms with Crippen molar-refractivity contribution in [2.75, 3.05) is 36.8 Å². The molecule has 1 aliphatic rings. The van der Waals surface area contributed by atoms with E-state index in [4.69, 9.17) is 5.73 Å². The van der Waals surface area contributed by atoms with Crippen molar-refractivity contribution in [2.45, 2.75) is 6.54 Å². The van der Waals surface area contributed by atoms with Crippen LogP contribution in [0.25, 0.3) is 0 Å². The molecule has 21 heavy (non-hydrogen) atoms. The van der Waals surface area contributed by atoms with E-state index in [1.807, 2.05) is 36.4 Å². The molecule has 3 rings (SSSR count). The van der Waals surface area contributed by atoms with Crippen molar-refractivity contribution in [3.8, 4) is 5.75 Å². The number of hydrogen-bond donors (Lipinski definition) is 2. The summed E-state index contributed by atoms with van der Waals surface area (Å²) in [6.45, 7) is 4.94. The third-order valence-electron chi connectivity index (χ3n) is 3.92. The van der Waals surface area contributed by atoms with Crippen molar-refractivity contribution in [3.05, 3.63) is 54.1 Å². The van der Waals surface area contributed by atoms with E-state index in [2.05, 4.69) is 15.9 Å². The van der Waals surface area contributed by atoms with Crippen LogP contribution in [0.2, 0.25) is 0 Å². The number of nitrogens with two attached hydrogens (primary N) is 1. The highest BCUT2D eigenvalue weighted by Crippen LogP contribution is 2.21. The summed E-state index contributed by atoms with van der Waals surface area (Å²) in [5.74, 6) is 0.328. The summed E-state index contributed by atoms with van der Waals surface area (Å²) in [4.78, 5) is 4.75. The van der Waals surface area contributed by atoms with Crippen LogP contribution in [-0.4, -0.2) is 36.2 Å². The molecule has 0 atom stereocenters. The predicted octanol–water partition coefficient (Wildman–Crippen LogP) is 2.30. The molecule has 0 amide bonds. The molecule has 4 heteroatoms. The molecule has 1 heterocycles. The molecule has 0 radical (unpaired) electrons. The highest BCUT2D eigenvalue weighted by molar-refractivity contribution is 5.50. The molecular weight excluding hydrogens is 262 g/mol. The van der Waals surface area contributed by atoms with E-state index < -0.39 is 0 Å². The van der Waals surface area contributed by atoms with Gasteiger partial charge in [-0.15, -0.1) is 0 Å². The second kappa shape index (κ2) is 6.06.